The van der Waals surface area contributed by atoms with E-state index in [1.165, 1.54) is 0 Å². The molecule has 3 heterocycles. The molecule has 1 aromatic carbocycles. The van der Waals surface area contributed by atoms with Crippen LogP contribution in [0, 0.1) is 22.7 Å². The number of H-pyrrole nitrogens is 1. The van der Waals surface area contributed by atoms with Gasteiger partial charge in [0.25, 0.3) is 0 Å². The molecule has 33 heavy (non-hydrogen) atoms. The Hall–Kier alpha value is -3.44. The summed E-state index contributed by atoms with van der Waals surface area (Å²) in [4.78, 5) is 27.7. The Morgan fingerprint density at radius 1 is 1.39 bits per heavy atom. The molecule has 2 aromatic heterocycles. The fraction of sp³-hybridized carbons (Fsp3) is 0.440. The molecular weight excluding hydrogens is 416 g/mol. The standard InChI is InChI=1S/C25H28N6O2/c1-2-17-11-16(12-26)3-4-18(17)21(13-32)30-24(33)20-6-10-31(14-25(20)7-8-25)23-19-5-9-27-22(19)28-15-29-23/h3-5,9,11,15,20-21,32H,2,6-8,10,13-14H2,1H3,(H,30,33)(H,27,28,29)/t20-,21?/m1/s1. The second-order valence-electron chi connectivity index (χ2n) is 9.19. The van der Waals surface area contributed by atoms with Gasteiger partial charge in [-0.1, -0.05) is 13.0 Å². The Balaban J connectivity index is 1.33. The van der Waals surface area contributed by atoms with Gasteiger partial charge in [-0.15, -0.1) is 0 Å². The second-order valence-corrected chi connectivity index (χ2v) is 9.19. The third-order valence-corrected chi connectivity index (χ3v) is 7.30. The van der Waals surface area contributed by atoms with Gasteiger partial charge < -0.3 is 20.3 Å². The minimum Gasteiger partial charge on any atom is -0.394 e. The zero-order valence-corrected chi connectivity index (χ0v) is 18.7. The Bertz CT molecular complexity index is 1230. The first-order chi connectivity index (χ1) is 16.1. The van der Waals surface area contributed by atoms with Gasteiger partial charge in [0.1, 0.15) is 17.8 Å². The molecule has 1 aliphatic heterocycles. The van der Waals surface area contributed by atoms with Crippen molar-refractivity contribution in [3.05, 3.63) is 53.5 Å². The number of anilines is 1. The number of hydrogen-bond acceptors (Lipinski definition) is 6. The first-order valence-corrected chi connectivity index (χ1v) is 11.6. The average Bonchev–Trinajstić information content (AvgIpc) is 3.42. The molecule has 5 rings (SSSR count). The van der Waals surface area contributed by atoms with Crippen molar-refractivity contribution in [2.45, 2.75) is 38.6 Å². The van der Waals surface area contributed by atoms with E-state index in [9.17, 15) is 15.2 Å². The molecule has 0 radical (unpaired) electrons. The first-order valence-electron chi connectivity index (χ1n) is 11.6. The maximum atomic E-state index is 13.4. The van der Waals surface area contributed by atoms with Gasteiger partial charge in [-0.05, 0) is 60.4 Å². The highest BCUT2D eigenvalue weighted by atomic mass is 16.3. The molecule has 2 fully saturated rings. The van der Waals surface area contributed by atoms with Crippen molar-refractivity contribution < 1.29 is 9.90 Å². The Kier molecular flexibility index (Phi) is 5.51. The summed E-state index contributed by atoms with van der Waals surface area (Å²) in [5, 5.41) is 23.4. The van der Waals surface area contributed by atoms with E-state index >= 15 is 0 Å². The number of carbonyl (C=O) groups is 1. The number of nitriles is 1. The van der Waals surface area contributed by atoms with Crippen LogP contribution in [0.3, 0.4) is 0 Å². The molecule has 3 aromatic rings. The van der Waals surface area contributed by atoms with Crippen LogP contribution in [0.1, 0.15) is 48.9 Å². The minimum absolute atomic E-state index is 0.00657. The normalized spacial score (nSPS) is 19.9. The number of aromatic amines is 1. The molecule has 1 saturated carbocycles. The molecule has 1 aliphatic carbocycles. The van der Waals surface area contributed by atoms with Crippen LogP contribution in [0.25, 0.3) is 11.0 Å². The lowest BCUT2D eigenvalue weighted by atomic mass is 9.81. The van der Waals surface area contributed by atoms with Crippen LogP contribution in [-0.2, 0) is 11.2 Å². The second kappa shape index (κ2) is 8.49. The van der Waals surface area contributed by atoms with Gasteiger partial charge in [-0.25, -0.2) is 9.97 Å². The Labute approximate surface area is 192 Å². The molecule has 0 bridgehead atoms. The van der Waals surface area contributed by atoms with Crippen molar-refractivity contribution >= 4 is 22.8 Å². The number of amides is 1. The van der Waals surface area contributed by atoms with Gasteiger partial charge in [0.05, 0.1) is 29.7 Å². The summed E-state index contributed by atoms with van der Waals surface area (Å²) < 4.78 is 0. The van der Waals surface area contributed by atoms with Crippen molar-refractivity contribution in [2.24, 2.45) is 11.3 Å². The van der Waals surface area contributed by atoms with Crippen LogP contribution in [0.2, 0.25) is 0 Å². The van der Waals surface area contributed by atoms with E-state index in [4.69, 9.17) is 0 Å². The summed E-state index contributed by atoms with van der Waals surface area (Å²) in [5.74, 6) is 0.840. The van der Waals surface area contributed by atoms with Gasteiger partial charge in [-0.2, -0.15) is 5.26 Å². The summed E-state index contributed by atoms with van der Waals surface area (Å²) in [6.07, 6.45) is 6.97. The van der Waals surface area contributed by atoms with Crippen LogP contribution >= 0.6 is 0 Å². The number of rotatable bonds is 6. The largest absolute Gasteiger partial charge is 0.394 e. The van der Waals surface area contributed by atoms with Crippen LogP contribution < -0.4 is 10.2 Å². The number of aryl methyl sites for hydroxylation is 1. The summed E-state index contributed by atoms with van der Waals surface area (Å²) in [5.41, 5.74) is 3.22. The molecule has 8 heteroatoms. The van der Waals surface area contributed by atoms with Gasteiger partial charge >= 0.3 is 0 Å². The highest BCUT2D eigenvalue weighted by molar-refractivity contribution is 5.88. The molecule has 2 atom stereocenters. The number of aromatic nitrogens is 3. The van der Waals surface area contributed by atoms with Crippen molar-refractivity contribution in [2.75, 3.05) is 24.6 Å². The average molecular weight is 445 g/mol. The maximum absolute atomic E-state index is 13.4. The number of hydrogen-bond donors (Lipinski definition) is 3. The van der Waals surface area contributed by atoms with Crippen molar-refractivity contribution in [3.63, 3.8) is 0 Å². The van der Waals surface area contributed by atoms with E-state index in [0.717, 1.165) is 66.8 Å². The molecule has 1 saturated heterocycles. The van der Waals surface area contributed by atoms with Gasteiger partial charge in [0.2, 0.25) is 5.91 Å². The highest BCUT2D eigenvalue weighted by Crippen LogP contribution is 2.56. The van der Waals surface area contributed by atoms with E-state index < -0.39 is 6.04 Å². The summed E-state index contributed by atoms with van der Waals surface area (Å²) >= 11 is 0. The highest BCUT2D eigenvalue weighted by Gasteiger charge is 2.55. The summed E-state index contributed by atoms with van der Waals surface area (Å²) in [6.45, 7) is 3.38. The monoisotopic (exact) mass is 444 g/mol. The smallest absolute Gasteiger partial charge is 0.224 e. The van der Waals surface area contributed by atoms with E-state index in [-0.39, 0.29) is 23.8 Å². The number of benzene rings is 1. The number of piperidine rings is 1. The Morgan fingerprint density at radius 3 is 2.97 bits per heavy atom. The fourth-order valence-corrected chi connectivity index (χ4v) is 5.34. The van der Waals surface area contributed by atoms with Crippen molar-refractivity contribution in [1.82, 2.24) is 20.3 Å². The van der Waals surface area contributed by atoms with E-state index in [2.05, 4.69) is 31.2 Å². The van der Waals surface area contributed by atoms with E-state index in [1.54, 1.807) is 12.4 Å². The van der Waals surface area contributed by atoms with Crippen LogP contribution in [0.5, 0.6) is 0 Å². The Morgan fingerprint density at radius 2 is 2.24 bits per heavy atom. The number of fused-ring (bicyclic) bond motifs is 1. The molecule has 8 nitrogen and oxygen atoms in total. The predicted octanol–water partition coefficient (Wildman–Crippen LogP) is 2.85. The third-order valence-electron chi connectivity index (χ3n) is 7.30. The molecule has 1 amide bonds. The lowest BCUT2D eigenvalue weighted by Crippen LogP contribution is -2.49. The molecule has 2 aliphatic rings. The minimum atomic E-state index is -0.477. The lowest BCUT2D eigenvalue weighted by Gasteiger charge is -2.39. The number of aliphatic hydroxyl groups excluding tert-OH is 1. The van der Waals surface area contributed by atoms with Crippen molar-refractivity contribution in [3.8, 4) is 6.07 Å². The zero-order chi connectivity index (χ0) is 23.0. The van der Waals surface area contributed by atoms with Crippen LogP contribution in [0.4, 0.5) is 5.82 Å². The quantitative estimate of drug-likeness (QED) is 0.538. The predicted molar refractivity (Wildman–Crippen MR) is 124 cm³/mol. The number of nitrogens with zero attached hydrogens (tertiary/aromatic N) is 4. The molecule has 1 spiro atoms. The number of nitrogens with one attached hydrogen (secondary N) is 2. The van der Waals surface area contributed by atoms with E-state index in [1.807, 2.05) is 31.3 Å². The number of aliphatic hydroxyl groups is 1. The van der Waals surface area contributed by atoms with Gasteiger partial charge in [0.15, 0.2) is 0 Å². The van der Waals surface area contributed by atoms with Gasteiger partial charge in [0, 0.05) is 25.2 Å². The lowest BCUT2D eigenvalue weighted by molar-refractivity contribution is -0.129. The molecule has 1 unspecified atom stereocenters. The van der Waals surface area contributed by atoms with Crippen LogP contribution in [-0.4, -0.2) is 45.7 Å². The molecule has 3 N–H and O–H groups in total. The van der Waals surface area contributed by atoms with E-state index in [0.29, 0.717) is 5.56 Å². The zero-order valence-electron chi connectivity index (χ0n) is 18.7. The molecular formula is C25H28N6O2. The summed E-state index contributed by atoms with van der Waals surface area (Å²) in [7, 11) is 0. The number of carbonyl (C=O) groups excluding carboxylic acids is 1. The van der Waals surface area contributed by atoms with Gasteiger partial charge in [-0.3, -0.25) is 4.79 Å². The van der Waals surface area contributed by atoms with Crippen LogP contribution in [0.15, 0.2) is 36.8 Å². The maximum Gasteiger partial charge on any atom is 0.224 e. The third kappa shape index (κ3) is 3.83. The summed E-state index contributed by atoms with van der Waals surface area (Å²) in [6, 6.07) is 9.12. The van der Waals surface area contributed by atoms with Crippen molar-refractivity contribution in [1.29, 1.82) is 5.26 Å². The first kappa shape index (κ1) is 21.4. The fourth-order valence-electron chi connectivity index (χ4n) is 5.34. The topological polar surface area (TPSA) is 118 Å². The SMILES string of the molecule is CCc1cc(C#N)ccc1C(CO)NC(=O)[C@H]1CCN(c2ncnc3[nH]ccc23)CC12CC2. The molecule has 170 valence electrons.